The van der Waals surface area contributed by atoms with Crippen LogP contribution in [-0.2, 0) is 17.0 Å². The highest BCUT2D eigenvalue weighted by Crippen LogP contribution is 2.49. The molecule has 28 heavy (non-hydrogen) atoms. The Morgan fingerprint density at radius 1 is 1.18 bits per heavy atom. The van der Waals surface area contributed by atoms with Crippen molar-refractivity contribution in [3.63, 3.8) is 0 Å². The number of halogens is 6. The zero-order valence-electron chi connectivity index (χ0n) is 13.8. The van der Waals surface area contributed by atoms with E-state index in [4.69, 9.17) is 33.6 Å². The van der Waals surface area contributed by atoms with E-state index in [9.17, 15) is 17.6 Å². The highest BCUT2D eigenvalue weighted by molar-refractivity contribution is 6.34. The molecule has 5 nitrogen and oxygen atoms in total. The Morgan fingerprint density at radius 2 is 1.86 bits per heavy atom. The van der Waals surface area contributed by atoms with Gasteiger partial charge in [0.1, 0.15) is 5.82 Å². The number of oxime groups is 1. The Morgan fingerprint density at radius 3 is 2.46 bits per heavy atom. The summed E-state index contributed by atoms with van der Waals surface area (Å²) in [6.07, 6.45) is -5.50. The second-order valence-corrected chi connectivity index (χ2v) is 6.86. The van der Waals surface area contributed by atoms with E-state index in [1.165, 1.54) is 18.2 Å². The molecule has 0 N–H and O–H groups in total. The van der Waals surface area contributed by atoms with Gasteiger partial charge in [0.2, 0.25) is 0 Å². The van der Waals surface area contributed by atoms with Crippen molar-refractivity contribution in [2.45, 2.75) is 24.7 Å². The molecule has 11 heteroatoms. The predicted molar refractivity (Wildman–Crippen MR) is 95.7 cm³/mol. The zero-order valence-corrected chi connectivity index (χ0v) is 15.4. The number of azide groups is 1. The van der Waals surface area contributed by atoms with E-state index in [-0.39, 0.29) is 39.0 Å². The van der Waals surface area contributed by atoms with E-state index in [1.807, 2.05) is 0 Å². The summed E-state index contributed by atoms with van der Waals surface area (Å²) in [5, 5.41) is 6.89. The maximum Gasteiger partial charge on any atom is 0.435 e. The van der Waals surface area contributed by atoms with Crippen LogP contribution >= 0.6 is 23.2 Å². The second-order valence-electron chi connectivity index (χ2n) is 5.98. The smallest absolute Gasteiger partial charge is 0.374 e. The van der Waals surface area contributed by atoms with Gasteiger partial charge in [-0.1, -0.05) is 39.5 Å². The monoisotopic (exact) mass is 432 g/mol. The Kier molecular flexibility index (Phi) is 5.43. The first-order valence-corrected chi connectivity index (χ1v) is 8.50. The molecule has 2 aromatic carbocycles. The summed E-state index contributed by atoms with van der Waals surface area (Å²) < 4.78 is 55.7. The predicted octanol–water partition coefficient (Wildman–Crippen LogP) is 6.53. The largest absolute Gasteiger partial charge is 0.435 e. The van der Waals surface area contributed by atoms with E-state index in [2.05, 4.69) is 15.2 Å². The molecule has 0 aromatic heterocycles. The lowest BCUT2D eigenvalue weighted by atomic mass is 9.86. The van der Waals surface area contributed by atoms with E-state index in [1.54, 1.807) is 0 Å². The molecule has 0 fully saturated rings. The summed E-state index contributed by atoms with van der Waals surface area (Å²) in [5.41, 5.74) is 5.48. The lowest BCUT2D eigenvalue weighted by Gasteiger charge is -2.29. The van der Waals surface area contributed by atoms with Crippen LogP contribution in [0.15, 0.2) is 46.7 Å². The number of nitrogens with zero attached hydrogens (tertiary/aromatic N) is 4. The van der Waals surface area contributed by atoms with Crippen molar-refractivity contribution in [2.24, 2.45) is 10.3 Å². The van der Waals surface area contributed by atoms with Crippen molar-refractivity contribution in [1.82, 2.24) is 0 Å². The molecule has 1 atom stereocenters. The molecule has 146 valence electrons. The highest BCUT2D eigenvalue weighted by Gasteiger charge is 2.62. The molecule has 0 aliphatic carbocycles. The number of hydrogen-bond donors (Lipinski definition) is 0. The first kappa shape index (κ1) is 20.3. The fourth-order valence-electron chi connectivity index (χ4n) is 2.83. The van der Waals surface area contributed by atoms with Crippen LogP contribution in [0.25, 0.3) is 10.4 Å². The third-order valence-corrected chi connectivity index (χ3v) is 4.63. The van der Waals surface area contributed by atoms with Gasteiger partial charge in [0.15, 0.2) is 0 Å². The summed E-state index contributed by atoms with van der Waals surface area (Å²) in [5.74, 6) is -0.653. The maximum absolute atomic E-state index is 14.0. The molecule has 0 saturated heterocycles. The molecule has 0 saturated carbocycles. The molecule has 1 heterocycles. The van der Waals surface area contributed by atoms with Crippen molar-refractivity contribution in [3.05, 3.63) is 79.4 Å². The van der Waals surface area contributed by atoms with Crippen molar-refractivity contribution in [1.29, 1.82) is 0 Å². The molecule has 1 unspecified atom stereocenters. The first-order valence-electron chi connectivity index (χ1n) is 7.74. The van der Waals surface area contributed by atoms with Gasteiger partial charge in [-0.25, -0.2) is 4.39 Å². The van der Waals surface area contributed by atoms with Crippen LogP contribution in [-0.4, -0.2) is 11.9 Å². The lowest BCUT2D eigenvalue weighted by Crippen LogP contribution is -2.42. The molecule has 3 rings (SSSR count). The van der Waals surface area contributed by atoms with Gasteiger partial charge in [0.25, 0.3) is 5.60 Å². The van der Waals surface area contributed by atoms with Gasteiger partial charge in [0, 0.05) is 26.9 Å². The summed E-state index contributed by atoms with van der Waals surface area (Å²) in [7, 11) is 0. The van der Waals surface area contributed by atoms with Crippen molar-refractivity contribution in [3.8, 4) is 0 Å². The Balaban J connectivity index is 2.01. The molecule has 1 aliphatic rings. The Labute approximate surface area is 166 Å². The molecule has 0 bridgehead atoms. The van der Waals surface area contributed by atoms with Crippen LogP contribution in [0.5, 0.6) is 0 Å². The van der Waals surface area contributed by atoms with Gasteiger partial charge < -0.3 is 4.84 Å². The SMILES string of the molecule is [N-]=[N+]=NCc1cc(C2=NOC(c3cc(Cl)cc(Cl)c3)(C(F)(F)F)C2)ccc1F. The van der Waals surface area contributed by atoms with Crippen LogP contribution in [0.2, 0.25) is 10.0 Å². The topological polar surface area (TPSA) is 70.4 Å². The average Bonchev–Trinajstić information content (AvgIpc) is 3.07. The number of rotatable bonds is 4. The van der Waals surface area contributed by atoms with E-state index in [0.29, 0.717) is 0 Å². The number of benzene rings is 2. The third-order valence-electron chi connectivity index (χ3n) is 4.20. The van der Waals surface area contributed by atoms with Crippen LogP contribution < -0.4 is 0 Å². The zero-order chi connectivity index (χ0) is 20.5. The lowest BCUT2D eigenvalue weighted by molar-refractivity contribution is -0.275. The van der Waals surface area contributed by atoms with E-state index in [0.717, 1.165) is 18.2 Å². The minimum atomic E-state index is -4.83. The minimum Gasteiger partial charge on any atom is -0.374 e. The highest BCUT2D eigenvalue weighted by atomic mass is 35.5. The van der Waals surface area contributed by atoms with Crippen LogP contribution in [0, 0.1) is 5.82 Å². The standard InChI is InChI=1S/C17H10Cl2F4N4O/c18-12-4-11(5-13(19)6-12)16(17(21,22)23)7-15(26-28-16)9-1-2-14(20)10(3-9)8-25-27-24/h1-6H,7-8H2. The molecule has 1 aliphatic heterocycles. The van der Waals surface area contributed by atoms with Gasteiger partial charge in [0.05, 0.1) is 12.3 Å². The van der Waals surface area contributed by atoms with Crippen molar-refractivity contribution < 1.29 is 22.4 Å². The fourth-order valence-corrected chi connectivity index (χ4v) is 3.35. The quantitative estimate of drug-likeness (QED) is 0.234. The third kappa shape index (κ3) is 3.73. The summed E-state index contributed by atoms with van der Waals surface area (Å²) in [4.78, 5) is 7.43. The molecular formula is C17H10Cl2F4N4O. The second kappa shape index (κ2) is 7.50. The fraction of sp³-hybridized carbons (Fsp3) is 0.235. The molecule has 2 aromatic rings. The van der Waals surface area contributed by atoms with Gasteiger partial charge in [-0.2, -0.15) is 13.2 Å². The van der Waals surface area contributed by atoms with Gasteiger partial charge >= 0.3 is 6.18 Å². The van der Waals surface area contributed by atoms with Crippen LogP contribution in [0.3, 0.4) is 0 Å². The van der Waals surface area contributed by atoms with Crippen molar-refractivity contribution >= 4 is 28.9 Å². The summed E-state index contributed by atoms with van der Waals surface area (Å²) in [6, 6.07) is 7.12. The maximum atomic E-state index is 14.0. The summed E-state index contributed by atoms with van der Waals surface area (Å²) in [6.45, 7) is -0.293. The van der Waals surface area contributed by atoms with E-state index < -0.39 is 24.0 Å². The van der Waals surface area contributed by atoms with Gasteiger partial charge in [-0.3, -0.25) is 0 Å². The Hall–Kier alpha value is -2.48. The van der Waals surface area contributed by atoms with Gasteiger partial charge in [-0.15, -0.1) is 0 Å². The number of alkyl halides is 3. The van der Waals surface area contributed by atoms with Crippen LogP contribution in [0.1, 0.15) is 23.1 Å². The number of hydrogen-bond acceptors (Lipinski definition) is 3. The molecule has 0 amide bonds. The van der Waals surface area contributed by atoms with Crippen LogP contribution in [0.4, 0.5) is 17.6 Å². The molecule has 0 spiro atoms. The average molecular weight is 433 g/mol. The van der Waals surface area contributed by atoms with Gasteiger partial charge in [-0.05, 0) is 47.0 Å². The summed E-state index contributed by atoms with van der Waals surface area (Å²) >= 11 is 11.7. The van der Waals surface area contributed by atoms with E-state index >= 15 is 0 Å². The minimum absolute atomic E-state index is 0.0154. The molecular weight excluding hydrogens is 423 g/mol. The normalized spacial score (nSPS) is 19.0. The first-order chi connectivity index (χ1) is 13.2. The Bertz CT molecular complexity index is 985. The van der Waals surface area contributed by atoms with Crippen molar-refractivity contribution in [2.75, 3.05) is 0 Å². The molecule has 0 radical (unpaired) electrons.